The average Bonchev–Trinajstić information content (AvgIpc) is 2.81. The number of nitrogens with zero attached hydrogens (tertiary/aromatic N) is 1. The molecule has 13 heavy (non-hydrogen) atoms. The van der Waals surface area contributed by atoms with Gasteiger partial charge in [0.25, 0.3) is 0 Å². The van der Waals surface area contributed by atoms with Gasteiger partial charge in [-0.15, -0.1) is 0 Å². The number of aromatic nitrogens is 1. The fourth-order valence-electron chi connectivity index (χ4n) is 1.02. The van der Waals surface area contributed by atoms with E-state index in [1.54, 1.807) is 12.1 Å². The molecule has 1 aromatic heterocycles. The Balaban J connectivity index is 2.01. The molecule has 0 bridgehead atoms. The first-order valence-corrected chi connectivity index (χ1v) is 4.95. The highest BCUT2D eigenvalue weighted by molar-refractivity contribution is 6.32. The van der Waals surface area contributed by atoms with E-state index in [9.17, 15) is 0 Å². The lowest BCUT2D eigenvalue weighted by atomic mass is 10.4. The van der Waals surface area contributed by atoms with Crippen molar-refractivity contribution in [3.05, 3.63) is 22.4 Å². The molecule has 1 aliphatic carbocycles. The Labute approximate surface area is 86.8 Å². The quantitative estimate of drug-likeness (QED) is 0.727. The van der Waals surface area contributed by atoms with Gasteiger partial charge in [-0.25, -0.2) is 4.98 Å². The van der Waals surface area contributed by atoms with Gasteiger partial charge >= 0.3 is 0 Å². The van der Waals surface area contributed by atoms with Gasteiger partial charge in [0, 0.05) is 12.1 Å². The van der Waals surface area contributed by atoms with Crippen LogP contribution in [0.15, 0.2) is 12.1 Å². The van der Waals surface area contributed by atoms with Gasteiger partial charge < -0.3 is 4.74 Å². The molecule has 4 heteroatoms. The van der Waals surface area contributed by atoms with Crippen LogP contribution in [0.25, 0.3) is 0 Å². The molecule has 2 nitrogen and oxygen atoms in total. The van der Waals surface area contributed by atoms with E-state index in [1.807, 2.05) is 0 Å². The van der Waals surface area contributed by atoms with E-state index in [1.165, 1.54) is 12.8 Å². The van der Waals surface area contributed by atoms with Crippen LogP contribution in [0.2, 0.25) is 10.3 Å². The SMILES string of the molecule is Clc1cc(OCC2CC2)cc(Cl)n1. The van der Waals surface area contributed by atoms with Crippen molar-refractivity contribution >= 4 is 23.2 Å². The third-order valence-electron chi connectivity index (χ3n) is 1.92. The third kappa shape index (κ3) is 2.75. The van der Waals surface area contributed by atoms with Gasteiger partial charge in [0.05, 0.1) is 6.61 Å². The number of rotatable bonds is 3. The van der Waals surface area contributed by atoms with Gasteiger partial charge in [0.2, 0.25) is 0 Å². The summed E-state index contributed by atoms with van der Waals surface area (Å²) in [5.74, 6) is 1.43. The zero-order valence-electron chi connectivity index (χ0n) is 6.96. The highest BCUT2D eigenvalue weighted by Crippen LogP contribution is 2.30. The molecule has 1 fully saturated rings. The molecule has 0 aromatic carbocycles. The second-order valence-corrected chi connectivity index (χ2v) is 3.98. The minimum absolute atomic E-state index is 0.373. The van der Waals surface area contributed by atoms with Gasteiger partial charge in [-0.2, -0.15) is 0 Å². The van der Waals surface area contributed by atoms with E-state index in [0.717, 1.165) is 12.5 Å². The molecular weight excluding hydrogens is 209 g/mol. The molecule has 0 N–H and O–H groups in total. The van der Waals surface area contributed by atoms with Crippen molar-refractivity contribution in [1.82, 2.24) is 4.98 Å². The molecular formula is C9H9Cl2NO. The first kappa shape index (κ1) is 9.10. The summed E-state index contributed by atoms with van der Waals surface area (Å²) in [6, 6.07) is 3.35. The molecule has 0 atom stereocenters. The van der Waals surface area contributed by atoms with Gasteiger partial charge in [0.1, 0.15) is 16.1 Å². The third-order valence-corrected chi connectivity index (χ3v) is 2.31. The Morgan fingerprint density at radius 1 is 1.31 bits per heavy atom. The molecule has 0 saturated heterocycles. The Kier molecular flexibility index (Phi) is 2.61. The van der Waals surface area contributed by atoms with Gasteiger partial charge in [-0.1, -0.05) is 23.2 Å². The second kappa shape index (κ2) is 3.72. The number of hydrogen-bond donors (Lipinski definition) is 0. The molecule has 2 rings (SSSR count). The summed E-state index contributed by atoms with van der Waals surface area (Å²) in [5.41, 5.74) is 0. The fraction of sp³-hybridized carbons (Fsp3) is 0.444. The molecule has 0 radical (unpaired) electrons. The van der Waals surface area contributed by atoms with Crippen LogP contribution in [-0.2, 0) is 0 Å². The number of ether oxygens (including phenoxy) is 1. The monoisotopic (exact) mass is 217 g/mol. The van der Waals surface area contributed by atoms with Gasteiger partial charge in [-0.3, -0.25) is 0 Å². The Morgan fingerprint density at radius 2 is 1.92 bits per heavy atom. The average molecular weight is 218 g/mol. The lowest BCUT2D eigenvalue weighted by Gasteiger charge is -2.04. The van der Waals surface area contributed by atoms with E-state index >= 15 is 0 Å². The molecule has 1 heterocycles. The van der Waals surface area contributed by atoms with E-state index in [0.29, 0.717) is 16.1 Å². The Hall–Kier alpha value is -0.470. The van der Waals surface area contributed by atoms with Crippen molar-refractivity contribution in [2.45, 2.75) is 12.8 Å². The molecule has 0 amide bonds. The predicted molar refractivity (Wildman–Crippen MR) is 52.5 cm³/mol. The van der Waals surface area contributed by atoms with Crippen LogP contribution in [-0.4, -0.2) is 11.6 Å². The summed E-state index contributed by atoms with van der Waals surface area (Å²) < 4.78 is 5.48. The van der Waals surface area contributed by atoms with E-state index in [-0.39, 0.29) is 0 Å². The van der Waals surface area contributed by atoms with Gasteiger partial charge in [0.15, 0.2) is 0 Å². The van der Waals surface area contributed by atoms with Crippen LogP contribution in [0.3, 0.4) is 0 Å². The molecule has 1 saturated carbocycles. The smallest absolute Gasteiger partial charge is 0.134 e. The Morgan fingerprint density at radius 3 is 2.46 bits per heavy atom. The van der Waals surface area contributed by atoms with Crippen LogP contribution in [0, 0.1) is 5.92 Å². The lowest BCUT2D eigenvalue weighted by molar-refractivity contribution is 0.299. The highest BCUT2D eigenvalue weighted by Gasteiger charge is 2.21. The molecule has 1 aromatic rings. The predicted octanol–water partition coefficient (Wildman–Crippen LogP) is 3.18. The maximum absolute atomic E-state index is 5.71. The summed E-state index contributed by atoms with van der Waals surface area (Å²) in [6.45, 7) is 0.761. The number of hydrogen-bond acceptors (Lipinski definition) is 2. The zero-order chi connectivity index (χ0) is 9.26. The summed E-state index contributed by atoms with van der Waals surface area (Å²) in [5, 5.41) is 0.747. The van der Waals surface area contributed by atoms with Gasteiger partial charge in [-0.05, 0) is 18.8 Å². The van der Waals surface area contributed by atoms with E-state index < -0.39 is 0 Å². The van der Waals surface area contributed by atoms with Crippen LogP contribution < -0.4 is 4.74 Å². The van der Waals surface area contributed by atoms with E-state index in [4.69, 9.17) is 27.9 Å². The zero-order valence-corrected chi connectivity index (χ0v) is 8.48. The fourth-order valence-corrected chi connectivity index (χ4v) is 1.47. The van der Waals surface area contributed by atoms with Crippen molar-refractivity contribution in [1.29, 1.82) is 0 Å². The van der Waals surface area contributed by atoms with Crippen LogP contribution in [0.5, 0.6) is 5.75 Å². The maximum atomic E-state index is 5.71. The standard InChI is InChI=1S/C9H9Cl2NO/c10-8-3-7(4-9(11)12-8)13-5-6-1-2-6/h3-4,6H,1-2,5H2. The van der Waals surface area contributed by atoms with Crippen molar-refractivity contribution in [2.75, 3.05) is 6.61 Å². The maximum Gasteiger partial charge on any atom is 0.134 e. The van der Waals surface area contributed by atoms with Crippen molar-refractivity contribution in [2.24, 2.45) is 5.92 Å². The molecule has 1 aliphatic rings. The first-order chi connectivity index (χ1) is 6.24. The normalized spacial score (nSPS) is 15.8. The molecule has 0 aliphatic heterocycles. The minimum atomic E-state index is 0.373. The molecule has 0 spiro atoms. The lowest BCUT2D eigenvalue weighted by Crippen LogP contribution is -1.99. The van der Waals surface area contributed by atoms with Crippen LogP contribution in [0.1, 0.15) is 12.8 Å². The van der Waals surface area contributed by atoms with Crippen molar-refractivity contribution in [3.8, 4) is 5.75 Å². The van der Waals surface area contributed by atoms with Crippen LogP contribution >= 0.6 is 23.2 Å². The highest BCUT2D eigenvalue weighted by atomic mass is 35.5. The topological polar surface area (TPSA) is 22.1 Å². The summed E-state index contributed by atoms with van der Waals surface area (Å²) in [6.07, 6.45) is 2.54. The second-order valence-electron chi connectivity index (χ2n) is 3.20. The minimum Gasteiger partial charge on any atom is -0.493 e. The molecule has 0 unspecified atom stereocenters. The first-order valence-electron chi connectivity index (χ1n) is 4.20. The van der Waals surface area contributed by atoms with Crippen molar-refractivity contribution in [3.63, 3.8) is 0 Å². The van der Waals surface area contributed by atoms with E-state index in [2.05, 4.69) is 4.98 Å². The summed E-state index contributed by atoms with van der Waals surface area (Å²) in [4.78, 5) is 3.83. The number of halogens is 2. The van der Waals surface area contributed by atoms with Crippen LogP contribution in [0.4, 0.5) is 0 Å². The largest absolute Gasteiger partial charge is 0.493 e. The molecule has 70 valence electrons. The summed E-state index contributed by atoms with van der Waals surface area (Å²) >= 11 is 11.4. The van der Waals surface area contributed by atoms with Crippen molar-refractivity contribution < 1.29 is 4.74 Å². The Bertz CT molecular complexity index is 292. The number of pyridine rings is 1. The summed E-state index contributed by atoms with van der Waals surface area (Å²) in [7, 11) is 0.